The maximum absolute atomic E-state index is 13.7. The molecule has 0 aliphatic heterocycles. The number of guanidine groups is 1. The molecule has 0 fully saturated rings. The van der Waals surface area contributed by atoms with Gasteiger partial charge in [0.25, 0.3) is 0 Å². The van der Waals surface area contributed by atoms with Gasteiger partial charge in [-0.05, 0) is 33.1 Å². The SMILES string of the molecule is CN=C(NCC(C)(C)SC)NC(C)c1ccc(F)cc1F. The van der Waals surface area contributed by atoms with Gasteiger partial charge in [-0.1, -0.05) is 6.07 Å². The van der Waals surface area contributed by atoms with E-state index in [0.29, 0.717) is 11.5 Å². The molecule has 0 heterocycles. The molecule has 0 saturated carbocycles. The number of hydrogen-bond acceptors (Lipinski definition) is 2. The summed E-state index contributed by atoms with van der Waals surface area (Å²) in [7, 11) is 1.66. The van der Waals surface area contributed by atoms with E-state index in [1.165, 1.54) is 12.1 Å². The van der Waals surface area contributed by atoms with E-state index in [2.05, 4.69) is 29.5 Å². The van der Waals surface area contributed by atoms with Crippen LogP contribution in [-0.2, 0) is 0 Å². The molecule has 1 unspecified atom stereocenters. The molecule has 0 spiro atoms. The second kappa shape index (κ2) is 7.64. The Morgan fingerprint density at radius 3 is 2.57 bits per heavy atom. The molecular weight excluding hydrogens is 292 g/mol. The molecule has 0 aliphatic carbocycles. The summed E-state index contributed by atoms with van der Waals surface area (Å²) in [6, 6.07) is 3.28. The Morgan fingerprint density at radius 2 is 2.05 bits per heavy atom. The Bertz CT molecular complexity index is 504. The van der Waals surface area contributed by atoms with E-state index < -0.39 is 11.6 Å². The van der Waals surface area contributed by atoms with Gasteiger partial charge in [-0.3, -0.25) is 4.99 Å². The monoisotopic (exact) mass is 315 g/mol. The summed E-state index contributed by atoms with van der Waals surface area (Å²) in [4.78, 5) is 4.13. The predicted octanol–water partition coefficient (Wildman–Crippen LogP) is 3.33. The number of benzene rings is 1. The van der Waals surface area contributed by atoms with Gasteiger partial charge in [0.1, 0.15) is 11.6 Å². The molecule has 21 heavy (non-hydrogen) atoms. The molecule has 1 atom stereocenters. The lowest BCUT2D eigenvalue weighted by Crippen LogP contribution is -2.44. The van der Waals surface area contributed by atoms with E-state index in [1.807, 2.05) is 13.2 Å². The van der Waals surface area contributed by atoms with Gasteiger partial charge in [0.2, 0.25) is 0 Å². The first kappa shape index (κ1) is 17.8. The zero-order valence-electron chi connectivity index (χ0n) is 13.1. The van der Waals surface area contributed by atoms with E-state index in [0.717, 1.165) is 12.6 Å². The lowest BCUT2D eigenvalue weighted by molar-refractivity contribution is 0.549. The van der Waals surface area contributed by atoms with Gasteiger partial charge in [0, 0.05) is 30.0 Å². The molecule has 0 aliphatic rings. The Labute approximate surface area is 129 Å². The maximum Gasteiger partial charge on any atom is 0.191 e. The van der Waals surface area contributed by atoms with Crippen LogP contribution < -0.4 is 10.6 Å². The summed E-state index contributed by atoms with van der Waals surface area (Å²) >= 11 is 1.75. The van der Waals surface area contributed by atoms with Crippen LogP contribution in [-0.4, -0.2) is 30.6 Å². The van der Waals surface area contributed by atoms with Gasteiger partial charge in [-0.25, -0.2) is 8.78 Å². The van der Waals surface area contributed by atoms with E-state index in [9.17, 15) is 8.78 Å². The highest BCUT2D eigenvalue weighted by Crippen LogP contribution is 2.20. The van der Waals surface area contributed by atoms with Gasteiger partial charge >= 0.3 is 0 Å². The van der Waals surface area contributed by atoms with Gasteiger partial charge in [0.05, 0.1) is 6.04 Å². The summed E-state index contributed by atoms with van der Waals surface area (Å²) in [6.45, 7) is 6.79. The zero-order chi connectivity index (χ0) is 16.0. The van der Waals surface area contributed by atoms with Crippen molar-refractivity contribution in [3.63, 3.8) is 0 Å². The average Bonchev–Trinajstić information content (AvgIpc) is 2.43. The van der Waals surface area contributed by atoms with Crippen LogP contribution in [0.2, 0.25) is 0 Å². The minimum atomic E-state index is -0.576. The van der Waals surface area contributed by atoms with Crippen LogP contribution >= 0.6 is 11.8 Å². The van der Waals surface area contributed by atoms with Crippen LogP contribution in [0, 0.1) is 11.6 Å². The Hall–Kier alpha value is -1.30. The smallest absolute Gasteiger partial charge is 0.191 e. The molecule has 0 saturated heterocycles. The number of nitrogens with one attached hydrogen (secondary N) is 2. The van der Waals surface area contributed by atoms with Crippen LogP contribution in [0.5, 0.6) is 0 Å². The van der Waals surface area contributed by atoms with Crippen molar-refractivity contribution in [2.24, 2.45) is 4.99 Å². The molecule has 0 aromatic heterocycles. The summed E-state index contributed by atoms with van der Waals surface area (Å²) in [6.07, 6.45) is 2.05. The van der Waals surface area contributed by atoms with Crippen molar-refractivity contribution in [2.45, 2.75) is 31.6 Å². The average molecular weight is 315 g/mol. The van der Waals surface area contributed by atoms with Crippen LogP contribution in [0.25, 0.3) is 0 Å². The number of hydrogen-bond donors (Lipinski definition) is 2. The van der Waals surface area contributed by atoms with E-state index in [-0.39, 0.29) is 10.8 Å². The number of aliphatic imine (C=N–C) groups is 1. The molecule has 2 N–H and O–H groups in total. The fourth-order valence-electron chi connectivity index (χ4n) is 1.70. The molecular formula is C15H23F2N3S. The van der Waals surface area contributed by atoms with Crippen molar-refractivity contribution in [1.82, 2.24) is 10.6 Å². The summed E-state index contributed by atoms with van der Waals surface area (Å²) < 4.78 is 26.7. The zero-order valence-corrected chi connectivity index (χ0v) is 13.9. The largest absolute Gasteiger partial charge is 0.355 e. The van der Waals surface area contributed by atoms with E-state index in [1.54, 1.807) is 18.8 Å². The van der Waals surface area contributed by atoms with Crippen LogP contribution in [0.3, 0.4) is 0 Å². The molecule has 118 valence electrons. The van der Waals surface area contributed by atoms with Crippen molar-refractivity contribution in [3.05, 3.63) is 35.4 Å². The summed E-state index contributed by atoms with van der Waals surface area (Å²) in [5.41, 5.74) is 0.406. The van der Waals surface area contributed by atoms with Crippen LogP contribution in [0.15, 0.2) is 23.2 Å². The molecule has 0 amide bonds. The van der Waals surface area contributed by atoms with Gasteiger partial charge in [-0.2, -0.15) is 11.8 Å². The highest BCUT2D eigenvalue weighted by Gasteiger charge is 2.18. The lowest BCUT2D eigenvalue weighted by atomic mass is 10.1. The molecule has 1 rings (SSSR count). The minimum Gasteiger partial charge on any atom is -0.355 e. The Morgan fingerprint density at radius 1 is 1.38 bits per heavy atom. The van der Waals surface area contributed by atoms with Gasteiger partial charge in [-0.15, -0.1) is 0 Å². The second-order valence-corrected chi connectivity index (χ2v) is 6.93. The number of nitrogens with zero attached hydrogens (tertiary/aromatic N) is 1. The molecule has 1 aromatic carbocycles. The quantitative estimate of drug-likeness (QED) is 0.646. The number of halogens is 2. The summed E-state index contributed by atoms with van der Waals surface area (Å²) in [5.74, 6) is -0.545. The lowest BCUT2D eigenvalue weighted by Gasteiger charge is -2.25. The standard InChI is InChI=1S/C15H23F2N3S/c1-10(12-7-6-11(16)8-13(12)17)20-14(18-4)19-9-15(2,3)21-5/h6-8,10H,9H2,1-5H3,(H2,18,19,20). The second-order valence-electron chi connectivity index (χ2n) is 5.42. The van der Waals surface area contributed by atoms with Gasteiger partial charge in [0.15, 0.2) is 5.96 Å². The Balaban J connectivity index is 2.69. The molecule has 1 aromatic rings. The number of rotatable bonds is 5. The van der Waals surface area contributed by atoms with Gasteiger partial charge < -0.3 is 10.6 Å². The first-order valence-electron chi connectivity index (χ1n) is 6.76. The third kappa shape index (κ3) is 5.53. The Kier molecular flexibility index (Phi) is 6.45. The third-order valence-electron chi connectivity index (χ3n) is 3.24. The summed E-state index contributed by atoms with van der Waals surface area (Å²) in [5, 5.41) is 6.32. The first-order chi connectivity index (χ1) is 9.79. The number of thioether (sulfide) groups is 1. The van der Waals surface area contributed by atoms with Crippen molar-refractivity contribution < 1.29 is 8.78 Å². The van der Waals surface area contributed by atoms with E-state index in [4.69, 9.17) is 0 Å². The highest BCUT2D eigenvalue weighted by molar-refractivity contribution is 7.99. The molecule has 3 nitrogen and oxygen atoms in total. The topological polar surface area (TPSA) is 36.4 Å². The third-order valence-corrected chi connectivity index (χ3v) is 4.49. The minimum absolute atomic E-state index is 0.0714. The van der Waals surface area contributed by atoms with Crippen molar-refractivity contribution in [2.75, 3.05) is 19.8 Å². The fourth-order valence-corrected chi connectivity index (χ4v) is 1.92. The van der Waals surface area contributed by atoms with Crippen molar-refractivity contribution >= 4 is 17.7 Å². The molecule has 6 heteroatoms. The van der Waals surface area contributed by atoms with E-state index >= 15 is 0 Å². The highest BCUT2D eigenvalue weighted by atomic mass is 32.2. The molecule has 0 bridgehead atoms. The molecule has 0 radical (unpaired) electrons. The van der Waals surface area contributed by atoms with Crippen LogP contribution in [0.4, 0.5) is 8.78 Å². The normalized spacial score (nSPS) is 14.0. The van der Waals surface area contributed by atoms with Crippen LogP contribution in [0.1, 0.15) is 32.4 Å². The predicted molar refractivity (Wildman–Crippen MR) is 86.9 cm³/mol. The first-order valence-corrected chi connectivity index (χ1v) is 7.99. The van der Waals surface area contributed by atoms with Crippen molar-refractivity contribution in [1.29, 1.82) is 0 Å². The fraction of sp³-hybridized carbons (Fsp3) is 0.533. The maximum atomic E-state index is 13.7. The van der Waals surface area contributed by atoms with Crippen molar-refractivity contribution in [3.8, 4) is 0 Å².